The van der Waals surface area contributed by atoms with E-state index in [1.807, 2.05) is 6.07 Å². The highest BCUT2D eigenvalue weighted by Crippen LogP contribution is 2.29. The monoisotopic (exact) mass is 292 g/mol. The van der Waals surface area contributed by atoms with E-state index in [2.05, 4.69) is 6.58 Å². The molecular weight excluding hydrogens is 276 g/mol. The molecule has 0 unspecified atom stereocenters. The van der Waals surface area contributed by atoms with Gasteiger partial charge >= 0.3 is 11.6 Å². The number of carboxylic acid groups (broad SMARTS) is 1. The van der Waals surface area contributed by atoms with Crippen LogP contribution in [0.2, 0.25) is 0 Å². The topological polar surface area (TPSA) is 86.0 Å². The Bertz CT molecular complexity index is 702. The number of hydrogen-bond donors (Lipinski definition) is 1. The Balaban J connectivity index is 0.000000315. The van der Waals surface area contributed by atoms with Gasteiger partial charge in [0, 0.05) is 5.57 Å². The first-order valence-electron chi connectivity index (χ1n) is 5.94. The summed E-state index contributed by atoms with van der Waals surface area (Å²) in [6.07, 6.45) is 0. The number of carboxylic acids is 1. The van der Waals surface area contributed by atoms with E-state index in [4.69, 9.17) is 19.0 Å². The van der Waals surface area contributed by atoms with Gasteiger partial charge in [0.25, 0.3) is 0 Å². The molecule has 0 aliphatic heterocycles. The molecule has 0 saturated heterocycles. The molecule has 0 atom stereocenters. The lowest BCUT2D eigenvalue weighted by Crippen LogP contribution is -1.99. The van der Waals surface area contributed by atoms with Crippen LogP contribution in [0.4, 0.5) is 0 Å². The second-order valence-electron chi connectivity index (χ2n) is 4.06. The van der Waals surface area contributed by atoms with Crippen LogP contribution < -0.4 is 15.1 Å². The average Bonchev–Trinajstić information content (AvgIpc) is 2.46. The van der Waals surface area contributed by atoms with Crippen LogP contribution in [0.1, 0.15) is 6.92 Å². The van der Waals surface area contributed by atoms with Crippen LogP contribution in [-0.2, 0) is 4.79 Å². The number of hydrogen-bond acceptors (Lipinski definition) is 5. The molecule has 112 valence electrons. The van der Waals surface area contributed by atoms with Crippen molar-refractivity contribution >= 4 is 16.9 Å². The third kappa shape index (κ3) is 4.10. The zero-order chi connectivity index (χ0) is 16.0. The molecule has 6 nitrogen and oxygen atoms in total. The summed E-state index contributed by atoms with van der Waals surface area (Å²) in [4.78, 5) is 20.8. The number of para-hydroxylation sites is 1. The number of methoxy groups -OCH3 is 2. The van der Waals surface area contributed by atoms with E-state index in [1.165, 1.54) is 27.2 Å². The summed E-state index contributed by atoms with van der Waals surface area (Å²) < 4.78 is 15.3. The minimum atomic E-state index is -0.935. The maximum atomic E-state index is 11.2. The van der Waals surface area contributed by atoms with Crippen LogP contribution in [0.25, 0.3) is 11.0 Å². The molecule has 1 N–H and O–H groups in total. The van der Waals surface area contributed by atoms with Crippen molar-refractivity contribution < 1.29 is 23.8 Å². The zero-order valence-electron chi connectivity index (χ0n) is 12.0. The molecule has 0 amide bonds. The van der Waals surface area contributed by atoms with Gasteiger partial charge in [0.2, 0.25) is 0 Å². The third-order valence-corrected chi connectivity index (χ3v) is 2.50. The standard InChI is InChI=1S/C11H10O4.C4H6O2/c1-13-8-5-3-4-7-9(14-2)6-10(12)15-11(7)8;1-3(2)4(5)6/h3-6H,1-2H3;1H2,2H3,(H,5,6). The van der Waals surface area contributed by atoms with Crippen molar-refractivity contribution in [3.8, 4) is 11.5 Å². The van der Waals surface area contributed by atoms with Gasteiger partial charge < -0.3 is 19.0 Å². The zero-order valence-corrected chi connectivity index (χ0v) is 12.0. The molecule has 0 spiro atoms. The summed E-state index contributed by atoms with van der Waals surface area (Å²) in [6.45, 7) is 4.60. The maximum Gasteiger partial charge on any atom is 0.340 e. The van der Waals surface area contributed by atoms with Gasteiger partial charge in [0.1, 0.15) is 5.75 Å². The van der Waals surface area contributed by atoms with E-state index in [-0.39, 0.29) is 5.57 Å². The summed E-state index contributed by atoms with van der Waals surface area (Å²) in [6, 6.07) is 6.65. The van der Waals surface area contributed by atoms with E-state index in [0.717, 1.165) is 5.39 Å². The summed E-state index contributed by atoms with van der Waals surface area (Å²) in [7, 11) is 3.03. The SMILES string of the molecule is C=C(C)C(=O)O.COc1cc(=O)oc2c(OC)cccc12. The molecule has 21 heavy (non-hydrogen) atoms. The van der Waals surface area contributed by atoms with Gasteiger partial charge in [-0.3, -0.25) is 0 Å². The average molecular weight is 292 g/mol. The molecule has 2 rings (SSSR count). The van der Waals surface area contributed by atoms with Crippen LogP contribution in [0.15, 0.2) is 45.6 Å². The summed E-state index contributed by atoms with van der Waals surface area (Å²) in [5, 5.41) is 8.61. The predicted octanol–water partition coefficient (Wildman–Crippen LogP) is 2.46. The molecule has 0 aliphatic rings. The van der Waals surface area contributed by atoms with Crippen molar-refractivity contribution in [2.24, 2.45) is 0 Å². The fourth-order valence-corrected chi connectivity index (χ4v) is 1.46. The largest absolute Gasteiger partial charge is 0.496 e. The van der Waals surface area contributed by atoms with Crippen molar-refractivity contribution in [1.82, 2.24) is 0 Å². The summed E-state index contributed by atoms with van der Waals surface area (Å²) in [5.74, 6) is 0.0682. The van der Waals surface area contributed by atoms with Crippen molar-refractivity contribution in [3.05, 3.63) is 46.8 Å². The van der Waals surface area contributed by atoms with Crippen molar-refractivity contribution in [2.45, 2.75) is 6.92 Å². The fraction of sp³-hybridized carbons (Fsp3) is 0.200. The van der Waals surface area contributed by atoms with Crippen LogP contribution in [0.5, 0.6) is 11.5 Å². The minimum absolute atomic E-state index is 0.176. The predicted molar refractivity (Wildman–Crippen MR) is 78.0 cm³/mol. The molecule has 1 heterocycles. The number of benzene rings is 1. The number of fused-ring (bicyclic) bond motifs is 1. The van der Waals surface area contributed by atoms with Gasteiger partial charge in [0.15, 0.2) is 11.3 Å². The molecule has 0 radical (unpaired) electrons. The minimum Gasteiger partial charge on any atom is -0.496 e. The molecule has 1 aromatic heterocycles. The molecule has 2 aromatic rings. The molecule has 0 fully saturated rings. The number of ether oxygens (including phenoxy) is 2. The van der Waals surface area contributed by atoms with Crippen LogP contribution in [-0.4, -0.2) is 25.3 Å². The third-order valence-electron chi connectivity index (χ3n) is 2.50. The molecular formula is C15H16O6. The van der Waals surface area contributed by atoms with Crippen LogP contribution in [0, 0.1) is 0 Å². The fourth-order valence-electron chi connectivity index (χ4n) is 1.46. The quantitative estimate of drug-likeness (QED) is 0.690. The lowest BCUT2D eigenvalue weighted by atomic mass is 10.2. The first kappa shape index (κ1) is 16.3. The van der Waals surface area contributed by atoms with Crippen LogP contribution >= 0.6 is 0 Å². The Morgan fingerprint density at radius 3 is 2.29 bits per heavy atom. The molecule has 0 bridgehead atoms. The number of rotatable bonds is 3. The van der Waals surface area contributed by atoms with E-state index < -0.39 is 11.6 Å². The van der Waals surface area contributed by atoms with Gasteiger partial charge in [-0.05, 0) is 19.1 Å². The van der Waals surface area contributed by atoms with Gasteiger partial charge in [-0.15, -0.1) is 0 Å². The highest BCUT2D eigenvalue weighted by atomic mass is 16.5. The van der Waals surface area contributed by atoms with E-state index in [1.54, 1.807) is 12.1 Å². The lowest BCUT2D eigenvalue weighted by molar-refractivity contribution is -0.132. The van der Waals surface area contributed by atoms with Crippen LogP contribution in [0.3, 0.4) is 0 Å². The Kier molecular flexibility index (Phi) is 5.54. The maximum absolute atomic E-state index is 11.2. The van der Waals surface area contributed by atoms with Gasteiger partial charge in [-0.1, -0.05) is 12.6 Å². The normalized spacial score (nSPS) is 9.48. The first-order chi connectivity index (χ1) is 9.90. The second kappa shape index (κ2) is 7.14. The van der Waals surface area contributed by atoms with E-state index in [0.29, 0.717) is 17.1 Å². The van der Waals surface area contributed by atoms with Gasteiger partial charge in [-0.25, -0.2) is 9.59 Å². The molecule has 6 heteroatoms. The lowest BCUT2D eigenvalue weighted by Gasteiger charge is -2.06. The second-order valence-corrected chi connectivity index (χ2v) is 4.06. The summed E-state index contributed by atoms with van der Waals surface area (Å²) in [5.41, 5.74) is 0.128. The van der Waals surface area contributed by atoms with E-state index in [9.17, 15) is 9.59 Å². The first-order valence-corrected chi connectivity index (χ1v) is 5.94. The Hall–Kier alpha value is -2.76. The Morgan fingerprint density at radius 2 is 1.81 bits per heavy atom. The van der Waals surface area contributed by atoms with Gasteiger partial charge in [0.05, 0.1) is 25.7 Å². The molecule has 1 aromatic carbocycles. The highest BCUT2D eigenvalue weighted by molar-refractivity contribution is 5.87. The molecule has 0 aliphatic carbocycles. The van der Waals surface area contributed by atoms with Crippen molar-refractivity contribution in [1.29, 1.82) is 0 Å². The van der Waals surface area contributed by atoms with Gasteiger partial charge in [-0.2, -0.15) is 0 Å². The molecule has 0 saturated carbocycles. The summed E-state index contributed by atoms with van der Waals surface area (Å²) >= 11 is 0. The highest BCUT2D eigenvalue weighted by Gasteiger charge is 2.09. The Labute approximate surface area is 121 Å². The number of carbonyl (C=O) groups is 1. The smallest absolute Gasteiger partial charge is 0.340 e. The van der Waals surface area contributed by atoms with Crippen molar-refractivity contribution in [3.63, 3.8) is 0 Å². The number of aliphatic carboxylic acids is 1. The Morgan fingerprint density at radius 1 is 1.24 bits per heavy atom. The van der Waals surface area contributed by atoms with E-state index >= 15 is 0 Å². The van der Waals surface area contributed by atoms with Crippen molar-refractivity contribution in [2.75, 3.05) is 14.2 Å².